The summed E-state index contributed by atoms with van der Waals surface area (Å²) in [6.07, 6.45) is 15.5. The summed E-state index contributed by atoms with van der Waals surface area (Å²) in [4.78, 5) is 5.24. The Morgan fingerprint density at radius 3 is 1.96 bits per heavy atom. The first-order chi connectivity index (χ1) is 23.3. The predicted molar refractivity (Wildman–Crippen MR) is 206 cm³/mol. The van der Waals surface area contributed by atoms with E-state index >= 15 is 0 Å². The van der Waals surface area contributed by atoms with E-state index in [1.54, 1.807) is 0 Å². The second-order valence-corrected chi connectivity index (χ2v) is 14.3. The second kappa shape index (κ2) is 13.4. The maximum atomic E-state index is 2.72. The average molecular weight is 629 g/mol. The number of para-hydroxylation sites is 2. The zero-order valence-corrected chi connectivity index (χ0v) is 29.3. The molecule has 3 aliphatic rings. The molecule has 0 spiro atoms. The van der Waals surface area contributed by atoms with Crippen molar-refractivity contribution >= 4 is 22.8 Å². The van der Waals surface area contributed by atoms with Crippen molar-refractivity contribution in [3.63, 3.8) is 0 Å². The highest BCUT2D eigenvalue weighted by Crippen LogP contribution is 2.53. The van der Waals surface area contributed by atoms with Gasteiger partial charge in [0.2, 0.25) is 0 Å². The van der Waals surface area contributed by atoms with Crippen LogP contribution in [0.5, 0.6) is 0 Å². The van der Waals surface area contributed by atoms with Gasteiger partial charge < -0.3 is 9.80 Å². The molecular formula is C46H48N2. The predicted octanol–water partition coefficient (Wildman–Crippen LogP) is 12.3. The Morgan fingerprint density at radius 1 is 0.667 bits per heavy atom. The number of hydrogen-bond acceptors (Lipinski definition) is 2. The number of allylic oxidation sites excluding steroid dienone is 5. The third kappa shape index (κ3) is 6.01. The zero-order chi connectivity index (χ0) is 33.4. The van der Waals surface area contributed by atoms with Crippen molar-refractivity contribution in [1.29, 1.82) is 0 Å². The molecule has 3 unspecified atom stereocenters. The SMILES string of the molecule is CC1=CCC(N(c2ccccc2)C2c3ccc(C(C)C)cc3C(N(c3ccccc3)c3ccc(C)cc3)=C3C=CC(C(C)C)=CC32)C=C1. The first-order valence-electron chi connectivity index (χ1n) is 17.7. The molecule has 0 saturated heterocycles. The van der Waals surface area contributed by atoms with Crippen LogP contribution in [0.4, 0.5) is 17.1 Å². The lowest BCUT2D eigenvalue weighted by Crippen LogP contribution is -2.44. The number of rotatable bonds is 8. The van der Waals surface area contributed by atoms with Crippen LogP contribution in [0, 0.1) is 18.8 Å². The smallest absolute Gasteiger partial charge is 0.0659 e. The molecule has 3 atom stereocenters. The average Bonchev–Trinajstić information content (AvgIpc) is 3.11. The number of anilines is 3. The van der Waals surface area contributed by atoms with Crippen LogP contribution in [0.2, 0.25) is 0 Å². The number of fused-ring (bicyclic) bond motifs is 2. The molecule has 4 aromatic carbocycles. The van der Waals surface area contributed by atoms with Gasteiger partial charge in [-0.05, 0) is 96.8 Å². The lowest BCUT2D eigenvalue weighted by Gasteiger charge is -2.48. The van der Waals surface area contributed by atoms with Crippen LogP contribution in [0.1, 0.15) is 75.3 Å². The van der Waals surface area contributed by atoms with Gasteiger partial charge >= 0.3 is 0 Å². The fraction of sp³-hybridized carbons (Fsp3) is 0.261. The van der Waals surface area contributed by atoms with Crippen molar-refractivity contribution < 1.29 is 0 Å². The van der Waals surface area contributed by atoms with E-state index in [0.29, 0.717) is 11.8 Å². The molecule has 0 fully saturated rings. The molecule has 0 aliphatic heterocycles. The van der Waals surface area contributed by atoms with Crippen molar-refractivity contribution in [2.24, 2.45) is 11.8 Å². The highest BCUT2D eigenvalue weighted by Gasteiger charge is 2.42. The number of hydrogen-bond donors (Lipinski definition) is 0. The molecule has 0 saturated carbocycles. The summed E-state index contributed by atoms with van der Waals surface area (Å²) in [6.45, 7) is 13.6. The summed E-state index contributed by atoms with van der Waals surface area (Å²) >= 11 is 0. The molecule has 0 bridgehead atoms. The maximum Gasteiger partial charge on any atom is 0.0659 e. The molecule has 48 heavy (non-hydrogen) atoms. The van der Waals surface area contributed by atoms with Crippen molar-refractivity contribution in [2.75, 3.05) is 9.80 Å². The van der Waals surface area contributed by atoms with E-state index < -0.39 is 0 Å². The Bertz CT molecular complexity index is 1920. The van der Waals surface area contributed by atoms with Crippen molar-refractivity contribution in [1.82, 2.24) is 0 Å². The van der Waals surface area contributed by atoms with E-state index in [2.05, 4.69) is 191 Å². The Labute approximate surface area is 288 Å². The molecule has 0 radical (unpaired) electrons. The van der Waals surface area contributed by atoms with Crippen molar-refractivity contribution in [3.05, 3.63) is 179 Å². The van der Waals surface area contributed by atoms with Crippen LogP contribution in [-0.2, 0) is 0 Å². The number of benzene rings is 4. The fourth-order valence-electron chi connectivity index (χ4n) is 7.61. The highest BCUT2D eigenvalue weighted by atomic mass is 15.2. The minimum atomic E-state index is 0.109. The van der Waals surface area contributed by atoms with E-state index in [1.165, 1.54) is 61.7 Å². The molecule has 242 valence electrons. The normalized spacial score (nSPS) is 20.0. The van der Waals surface area contributed by atoms with Gasteiger partial charge in [0.05, 0.1) is 17.8 Å². The largest absolute Gasteiger partial charge is 0.357 e. The number of aryl methyl sites for hydroxylation is 1. The van der Waals surface area contributed by atoms with Crippen LogP contribution in [-0.4, -0.2) is 6.04 Å². The lowest BCUT2D eigenvalue weighted by molar-refractivity contribution is 0.487. The van der Waals surface area contributed by atoms with Gasteiger partial charge in [0.1, 0.15) is 0 Å². The molecule has 3 aliphatic carbocycles. The third-order valence-corrected chi connectivity index (χ3v) is 10.3. The Morgan fingerprint density at radius 2 is 1.33 bits per heavy atom. The standard InChI is InChI=1S/C46H48N2/c1-31(2)35-21-27-41-43(29-35)45(47(37-13-9-7-10-14-37)39-23-17-33(5)18-24-39)42-28-22-36(32(3)4)30-44(42)46(41)48(38-15-11-8-12-16-38)40-25-19-34(6)20-26-40/h7-25,27-32,40,44,46H,26H2,1-6H3. The fourth-order valence-corrected chi connectivity index (χ4v) is 7.61. The van der Waals surface area contributed by atoms with Crippen LogP contribution in [0.15, 0.2) is 156 Å². The Balaban J connectivity index is 1.55. The summed E-state index contributed by atoms with van der Waals surface area (Å²) in [5, 5.41) is 0. The molecule has 0 amide bonds. The van der Waals surface area contributed by atoms with Crippen LogP contribution < -0.4 is 9.80 Å². The van der Waals surface area contributed by atoms with Gasteiger partial charge in [-0.15, -0.1) is 0 Å². The summed E-state index contributed by atoms with van der Waals surface area (Å²) in [7, 11) is 0. The summed E-state index contributed by atoms with van der Waals surface area (Å²) in [6, 6.07) is 38.8. The monoisotopic (exact) mass is 628 g/mol. The van der Waals surface area contributed by atoms with Gasteiger partial charge in [0.15, 0.2) is 0 Å². The van der Waals surface area contributed by atoms with Crippen molar-refractivity contribution in [3.8, 4) is 0 Å². The van der Waals surface area contributed by atoms with Crippen LogP contribution >= 0.6 is 0 Å². The molecule has 7 rings (SSSR count). The summed E-state index contributed by atoms with van der Waals surface area (Å²) in [5.74, 6) is 0.998. The second-order valence-electron chi connectivity index (χ2n) is 14.3. The molecular weight excluding hydrogens is 581 g/mol. The first kappa shape index (κ1) is 31.8. The van der Waals surface area contributed by atoms with E-state index in [9.17, 15) is 0 Å². The van der Waals surface area contributed by atoms with Gasteiger partial charge in [0.25, 0.3) is 0 Å². The Hall–Kier alpha value is -4.82. The van der Waals surface area contributed by atoms with E-state index in [0.717, 1.165) is 6.42 Å². The molecule has 0 N–H and O–H groups in total. The highest BCUT2D eigenvalue weighted by molar-refractivity contribution is 5.93. The first-order valence-corrected chi connectivity index (χ1v) is 17.7. The van der Waals surface area contributed by atoms with Gasteiger partial charge in [0, 0.05) is 28.5 Å². The van der Waals surface area contributed by atoms with E-state index in [-0.39, 0.29) is 18.0 Å². The van der Waals surface area contributed by atoms with Gasteiger partial charge in [-0.3, -0.25) is 0 Å². The zero-order valence-electron chi connectivity index (χ0n) is 29.3. The molecule has 2 nitrogen and oxygen atoms in total. The van der Waals surface area contributed by atoms with Crippen LogP contribution in [0.3, 0.4) is 0 Å². The van der Waals surface area contributed by atoms with E-state index in [1.807, 2.05) is 0 Å². The van der Waals surface area contributed by atoms with Gasteiger partial charge in [-0.2, -0.15) is 0 Å². The minimum absolute atomic E-state index is 0.109. The van der Waals surface area contributed by atoms with Crippen molar-refractivity contribution in [2.45, 2.75) is 66.0 Å². The Kier molecular flexibility index (Phi) is 8.84. The summed E-state index contributed by atoms with van der Waals surface area (Å²) in [5.41, 5.74) is 14.3. The molecule has 0 aromatic heterocycles. The summed E-state index contributed by atoms with van der Waals surface area (Å²) < 4.78 is 0. The van der Waals surface area contributed by atoms with Gasteiger partial charge in [-0.25, -0.2) is 0 Å². The molecule has 2 heteroatoms. The topological polar surface area (TPSA) is 6.48 Å². The minimum Gasteiger partial charge on any atom is -0.357 e. The molecule has 0 heterocycles. The van der Waals surface area contributed by atoms with Gasteiger partial charge in [-0.1, -0.05) is 136 Å². The molecule has 4 aromatic rings. The lowest BCUT2D eigenvalue weighted by atomic mass is 9.71. The quantitative estimate of drug-likeness (QED) is 0.192. The van der Waals surface area contributed by atoms with Crippen LogP contribution in [0.25, 0.3) is 5.70 Å². The third-order valence-electron chi connectivity index (χ3n) is 10.3. The maximum absolute atomic E-state index is 2.72. The van der Waals surface area contributed by atoms with E-state index in [4.69, 9.17) is 0 Å². The number of nitrogens with zero attached hydrogens (tertiary/aromatic N) is 2.